The molecule has 104 valence electrons. The zero-order valence-corrected chi connectivity index (χ0v) is 10.6. The van der Waals surface area contributed by atoms with Crippen LogP contribution in [0.5, 0.6) is 6.01 Å². The summed E-state index contributed by atoms with van der Waals surface area (Å²) < 4.78 is 5.67. The lowest BCUT2D eigenvalue weighted by atomic mass is 10.4. The zero-order valence-electron chi connectivity index (χ0n) is 9.85. The Balaban J connectivity index is 2.61. The highest BCUT2D eigenvalue weighted by Crippen LogP contribution is 2.23. The largest absolute Gasteiger partial charge is 0.476 e. The number of halogens is 1. The number of ether oxygens (including phenoxy) is 1. The first kappa shape index (κ1) is 13.7. The molecular weight excluding hydrogens is 294 g/mol. The van der Waals surface area contributed by atoms with Crippen LogP contribution in [0.15, 0.2) is 12.4 Å². The van der Waals surface area contributed by atoms with Crippen molar-refractivity contribution in [1.82, 2.24) is 19.7 Å². The van der Waals surface area contributed by atoms with E-state index in [0.717, 1.165) is 10.9 Å². The molecule has 20 heavy (non-hydrogen) atoms. The van der Waals surface area contributed by atoms with Crippen LogP contribution in [-0.2, 0) is 0 Å². The molecule has 0 saturated carbocycles. The first-order valence-electron chi connectivity index (χ1n) is 4.98. The monoisotopic (exact) mass is 299 g/mol. The van der Waals surface area contributed by atoms with Crippen molar-refractivity contribution in [3.8, 4) is 11.8 Å². The molecule has 1 N–H and O–H groups in total. The highest BCUT2D eigenvalue weighted by molar-refractivity contribution is 6.32. The van der Waals surface area contributed by atoms with Gasteiger partial charge in [-0.25, -0.2) is 14.5 Å². The van der Waals surface area contributed by atoms with Crippen LogP contribution < -0.4 is 4.74 Å². The molecule has 10 nitrogen and oxygen atoms in total. The summed E-state index contributed by atoms with van der Waals surface area (Å²) in [7, 11) is 1.32. The molecule has 0 saturated heterocycles. The molecule has 0 aromatic carbocycles. The van der Waals surface area contributed by atoms with Crippen LogP contribution in [0.3, 0.4) is 0 Å². The van der Waals surface area contributed by atoms with Gasteiger partial charge in [-0.15, -0.1) is 0 Å². The fourth-order valence-corrected chi connectivity index (χ4v) is 1.54. The molecule has 2 heterocycles. The first-order valence-corrected chi connectivity index (χ1v) is 5.36. The third-order valence-electron chi connectivity index (χ3n) is 2.20. The van der Waals surface area contributed by atoms with Crippen molar-refractivity contribution < 1.29 is 19.6 Å². The van der Waals surface area contributed by atoms with Crippen LogP contribution in [0, 0.1) is 10.1 Å². The number of carbonyl (C=O) groups is 1. The number of aromatic nitrogens is 4. The predicted molar refractivity (Wildman–Crippen MR) is 64.3 cm³/mol. The number of nitro groups is 1. The summed E-state index contributed by atoms with van der Waals surface area (Å²) in [6.07, 6.45) is 2.10. The van der Waals surface area contributed by atoms with Gasteiger partial charge in [-0.1, -0.05) is 11.6 Å². The highest BCUT2D eigenvalue weighted by atomic mass is 35.5. The second-order valence-corrected chi connectivity index (χ2v) is 3.81. The van der Waals surface area contributed by atoms with Crippen LogP contribution >= 0.6 is 11.6 Å². The predicted octanol–water partition coefficient (Wildman–Crippen LogP) is 0.931. The van der Waals surface area contributed by atoms with Crippen LogP contribution in [-0.4, -0.2) is 42.9 Å². The van der Waals surface area contributed by atoms with Crippen molar-refractivity contribution in [3.05, 3.63) is 33.2 Å². The molecule has 0 spiro atoms. The summed E-state index contributed by atoms with van der Waals surface area (Å²) in [6, 6.07) is -0.0422. The SMILES string of the molecule is COc1ncc(Cl)c(-n2cc([N+](=O)[O-])c(C(=O)O)n2)n1. The third kappa shape index (κ3) is 2.36. The maximum atomic E-state index is 10.9. The van der Waals surface area contributed by atoms with Crippen molar-refractivity contribution in [3.63, 3.8) is 0 Å². The van der Waals surface area contributed by atoms with E-state index in [2.05, 4.69) is 15.1 Å². The third-order valence-corrected chi connectivity index (χ3v) is 2.46. The zero-order chi connectivity index (χ0) is 14.9. The Morgan fingerprint density at radius 2 is 2.30 bits per heavy atom. The first-order chi connectivity index (χ1) is 9.43. The van der Waals surface area contributed by atoms with Crippen LogP contribution in [0.25, 0.3) is 5.82 Å². The van der Waals surface area contributed by atoms with Crippen molar-refractivity contribution in [1.29, 1.82) is 0 Å². The van der Waals surface area contributed by atoms with E-state index in [4.69, 9.17) is 21.4 Å². The Bertz CT molecular complexity index is 669. The molecular formula is C9H6ClN5O5. The molecule has 0 bridgehead atoms. The number of carboxylic acids is 1. The van der Waals surface area contributed by atoms with Crippen molar-refractivity contribution in [2.24, 2.45) is 0 Å². The van der Waals surface area contributed by atoms with Gasteiger partial charge in [0.15, 0.2) is 5.82 Å². The molecule has 0 aliphatic heterocycles. The van der Waals surface area contributed by atoms with E-state index < -0.39 is 22.3 Å². The number of hydrogen-bond donors (Lipinski definition) is 1. The highest BCUT2D eigenvalue weighted by Gasteiger charge is 2.26. The maximum absolute atomic E-state index is 10.9. The van der Waals surface area contributed by atoms with Gasteiger partial charge in [0.25, 0.3) is 0 Å². The van der Waals surface area contributed by atoms with Gasteiger partial charge >= 0.3 is 17.7 Å². The van der Waals surface area contributed by atoms with Crippen LogP contribution in [0.4, 0.5) is 5.69 Å². The van der Waals surface area contributed by atoms with Gasteiger partial charge in [0.05, 0.1) is 18.2 Å². The van der Waals surface area contributed by atoms with E-state index >= 15 is 0 Å². The quantitative estimate of drug-likeness (QED) is 0.651. The van der Waals surface area contributed by atoms with Gasteiger partial charge in [0, 0.05) is 0 Å². The topological polar surface area (TPSA) is 133 Å². The Morgan fingerprint density at radius 1 is 1.60 bits per heavy atom. The van der Waals surface area contributed by atoms with Gasteiger partial charge in [-0.3, -0.25) is 10.1 Å². The van der Waals surface area contributed by atoms with E-state index in [1.165, 1.54) is 13.3 Å². The number of hydrogen-bond acceptors (Lipinski definition) is 7. The Morgan fingerprint density at radius 3 is 2.80 bits per heavy atom. The Hall–Kier alpha value is -2.75. The van der Waals surface area contributed by atoms with Gasteiger partial charge in [-0.2, -0.15) is 10.1 Å². The number of rotatable bonds is 4. The number of nitrogens with zero attached hydrogens (tertiary/aromatic N) is 5. The van der Waals surface area contributed by atoms with E-state index in [-0.39, 0.29) is 16.9 Å². The molecule has 0 radical (unpaired) electrons. The molecule has 2 rings (SSSR count). The maximum Gasteiger partial charge on any atom is 0.363 e. The van der Waals surface area contributed by atoms with Crippen LogP contribution in [0.2, 0.25) is 5.02 Å². The normalized spacial score (nSPS) is 10.3. The summed E-state index contributed by atoms with van der Waals surface area (Å²) in [5.74, 6) is -1.57. The van der Waals surface area contributed by atoms with Gasteiger partial charge in [0.1, 0.15) is 11.2 Å². The molecule has 2 aromatic heterocycles. The summed E-state index contributed by atoms with van der Waals surface area (Å²) in [5, 5.41) is 23.3. The lowest BCUT2D eigenvalue weighted by Crippen LogP contribution is -2.05. The van der Waals surface area contributed by atoms with Gasteiger partial charge in [-0.05, 0) is 0 Å². The second-order valence-electron chi connectivity index (χ2n) is 3.40. The van der Waals surface area contributed by atoms with Crippen molar-refractivity contribution in [2.75, 3.05) is 7.11 Å². The number of aromatic carboxylic acids is 1. The lowest BCUT2D eigenvalue weighted by Gasteiger charge is -2.03. The summed E-state index contributed by atoms with van der Waals surface area (Å²) in [6.45, 7) is 0. The second kappa shape index (κ2) is 5.09. The minimum absolute atomic E-state index is 0.0279. The summed E-state index contributed by atoms with van der Waals surface area (Å²) >= 11 is 5.85. The fraction of sp³-hybridized carbons (Fsp3) is 0.111. The minimum Gasteiger partial charge on any atom is -0.476 e. The summed E-state index contributed by atoms with van der Waals surface area (Å²) in [5.41, 5.74) is -1.39. The molecule has 0 aliphatic rings. The molecule has 0 amide bonds. The molecule has 0 unspecified atom stereocenters. The van der Waals surface area contributed by atoms with E-state index in [1.54, 1.807) is 0 Å². The molecule has 2 aromatic rings. The molecule has 0 aliphatic carbocycles. The number of methoxy groups -OCH3 is 1. The van der Waals surface area contributed by atoms with E-state index in [9.17, 15) is 14.9 Å². The standard InChI is InChI=1S/C9H6ClN5O5/c1-20-9-11-2-4(10)7(12-9)14-3-5(15(18)19)6(13-14)8(16)17/h2-3H,1H3,(H,16,17). The minimum atomic E-state index is -1.53. The van der Waals surface area contributed by atoms with Crippen LogP contribution in [0.1, 0.15) is 10.5 Å². The Kier molecular flexibility index (Phi) is 3.48. The average Bonchev–Trinajstić information content (AvgIpc) is 2.84. The molecule has 0 atom stereocenters. The van der Waals surface area contributed by atoms with Gasteiger partial charge < -0.3 is 9.84 Å². The molecule has 0 fully saturated rings. The fourth-order valence-electron chi connectivity index (χ4n) is 1.36. The van der Waals surface area contributed by atoms with E-state index in [1.807, 2.05) is 0 Å². The van der Waals surface area contributed by atoms with Gasteiger partial charge in [0.2, 0.25) is 5.69 Å². The Labute approximate surface area is 115 Å². The lowest BCUT2D eigenvalue weighted by molar-refractivity contribution is -0.385. The smallest absolute Gasteiger partial charge is 0.363 e. The number of carboxylic acid groups (broad SMARTS) is 1. The molecule has 11 heteroatoms. The van der Waals surface area contributed by atoms with Crippen molar-refractivity contribution in [2.45, 2.75) is 0 Å². The van der Waals surface area contributed by atoms with Crippen molar-refractivity contribution >= 4 is 23.3 Å². The van der Waals surface area contributed by atoms with E-state index in [0.29, 0.717) is 0 Å². The summed E-state index contributed by atoms with van der Waals surface area (Å²) in [4.78, 5) is 28.4. The average molecular weight is 300 g/mol.